The summed E-state index contributed by atoms with van der Waals surface area (Å²) in [6.45, 7) is 10.4. The zero-order valence-corrected chi connectivity index (χ0v) is 12.6. The van der Waals surface area contributed by atoms with Gasteiger partial charge in [0, 0.05) is 5.69 Å². The number of para-hydroxylation sites is 1. The van der Waals surface area contributed by atoms with Crippen LogP contribution in [0.4, 0.5) is 5.69 Å². The molecule has 1 N–H and O–H groups in total. The Morgan fingerprint density at radius 2 is 2.00 bits per heavy atom. The maximum Gasteiger partial charge on any atom is 0.331 e. The van der Waals surface area contributed by atoms with Crippen LogP contribution in [0.1, 0.15) is 39.7 Å². The quantitative estimate of drug-likeness (QED) is 0.794. The summed E-state index contributed by atoms with van der Waals surface area (Å²) in [4.78, 5) is 12.2. The van der Waals surface area contributed by atoms with E-state index in [2.05, 4.69) is 19.2 Å². The molecule has 3 heteroatoms. The molecule has 1 atom stereocenters. The molecule has 1 aromatic carbocycles. The smallest absolute Gasteiger partial charge is 0.331 e. The highest BCUT2D eigenvalue weighted by atomic mass is 16.5. The Hall–Kier alpha value is -1.51. The highest BCUT2D eigenvalue weighted by Crippen LogP contribution is 2.26. The number of hydrogen-bond acceptors (Lipinski definition) is 3. The van der Waals surface area contributed by atoms with Crippen LogP contribution >= 0.6 is 0 Å². The summed E-state index contributed by atoms with van der Waals surface area (Å²) in [5.41, 5.74) is 1.43. The summed E-state index contributed by atoms with van der Waals surface area (Å²) in [6, 6.07) is 7.98. The van der Waals surface area contributed by atoms with Crippen LogP contribution in [0.15, 0.2) is 24.3 Å². The van der Waals surface area contributed by atoms with Crippen molar-refractivity contribution in [3.63, 3.8) is 0 Å². The number of anilines is 1. The fraction of sp³-hybridized carbons (Fsp3) is 0.562. The molecule has 0 radical (unpaired) electrons. The number of esters is 1. The van der Waals surface area contributed by atoms with Crippen molar-refractivity contribution < 1.29 is 9.53 Å². The van der Waals surface area contributed by atoms with Gasteiger partial charge in [-0.1, -0.05) is 32.0 Å². The molecule has 0 heterocycles. The first-order valence-corrected chi connectivity index (χ1v) is 6.90. The largest absolute Gasteiger partial charge is 0.464 e. The summed E-state index contributed by atoms with van der Waals surface area (Å²) in [5.74, 6) is 0.220. The molecular formula is C16H25NO2. The molecule has 19 heavy (non-hydrogen) atoms. The second-order valence-corrected chi connectivity index (χ2v) is 5.59. The molecule has 3 nitrogen and oxygen atoms in total. The van der Waals surface area contributed by atoms with Crippen molar-refractivity contribution in [3.8, 4) is 0 Å². The van der Waals surface area contributed by atoms with Crippen LogP contribution in [0.25, 0.3) is 0 Å². The second kappa shape index (κ2) is 6.60. The molecule has 0 aliphatic heterocycles. The van der Waals surface area contributed by atoms with E-state index in [1.165, 1.54) is 0 Å². The number of nitrogens with one attached hydrogen (secondary N) is 1. The van der Waals surface area contributed by atoms with Crippen LogP contribution in [-0.2, 0) is 9.53 Å². The summed E-state index contributed by atoms with van der Waals surface area (Å²) >= 11 is 0. The lowest BCUT2D eigenvalue weighted by Gasteiger charge is -2.31. The molecule has 0 aliphatic carbocycles. The van der Waals surface area contributed by atoms with E-state index in [9.17, 15) is 4.79 Å². The van der Waals surface area contributed by atoms with Crippen molar-refractivity contribution >= 4 is 11.7 Å². The zero-order valence-electron chi connectivity index (χ0n) is 12.6. The summed E-state index contributed by atoms with van der Waals surface area (Å²) in [5, 5.41) is 3.37. The fourth-order valence-corrected chi connectivity index (χ4v) is 2.30. The van der Waals surface area contributed by atoms with Gasteiger partial charge >= 0.3 is 5.97 Å². The molecule has 0 saturated carbocycles. The second-order valence-electron chi connectivity index (χ2n) is 5.59. The van der Waals surface area contributed by atoms with Crippen molar-refractivity contribution in [1.82, 2.24) is 0 Å². The van der Waals surface area contributed by atoms with Gasteiger partial charge in [0.25, 0.3) is 0 Å². The first-order valence-electron chi connectivity index (χ1n) is 6.90. The summed E-state index contributed by atoms with van der Waals surface area (Å²) in [7, 11) is 0. The van der Waals surface area contributed by atoms with Crippen molar-refractivity contribution in [2.24, 2.45) is 5.92 Å². The van der Waals surface area contributed by atoms with Crippen LogP contribution in [0, 0.1) is 12.8 Å². The number of aryl methyl sites for hydroxylation is 1. The first kappa shape index (κ1) is 15.5. The van der Waals surface area contributed by atoms with Gasteiger partial charge in [-0.25, -0.2) is 4.79 Å². The zero-order chi connectivity index (χ0) is 14.5. The van der Waals surface area contributed by atoms with E-state index in [-0.39, 0.29) is 5.97 Å². The lowest BCUT2D eigenvalue weighted by molar-refractivity contribution is -0.148. The molecule has 0 spiro atoms. The molecule has 1 unspecified atom stereocenters. The van der Waals surface area contributed by atoms with Gasteiger partial charge in [-0.2, -0.15) is 0 Å². The Balaban J connectivity index is 2.97. The van der Waals surface area contributed by atoms with Gasteiger partial charge in [0.2, 0.25) is 0 Å². The van der Waals surface area contributed by atoms with Crippen LogP contribution in [0.5, 0.6) is 0 Å². The average Bonchev–Trinajstić information content (AvgIpc) is 2.31. The molecule has 0 aliphatic rings. The predicted octanol–water partition coefficient (Wildman–Crippen LogP) is 3.77. The van der Waals surface area contributed by atoms with Crippen molar-refractivity contribution in [2.75, 3.05) is 11.9 Å². The van der Waals surface area contributed by atoms with E-state index >= 15 is 0 Å². The standard InChI is InChI=1S/C16H25NO2/c1-6-19-15(18)16(5,11-12(2)3)17-14-10-8-7-9-13(14)4/h7-10,12,17H,6,11H2,1-5H3. The van der Waals surface area contributed by atoms with E-state index in [1.807, 2.05) is 45.0 Å². The number of rotatable bonds is 6. The van der Waals surface area contributed by atoms with Gasteiger partial charge in [-0.15, -0.1) is 0 Å². The number of ether oxygens (including phenoxy) is 1. The highest BCUT2D eigenvalue weighted by molar-refractivity contribution is 5.84. The van der Waals surface area contributed by atoms with Gasteiger partial charge in [0.05, 0.1) is 6.61 Å². The average molecular weight is 263 g/mol. The Bertz CT molecular complexity index is 429. The Morgan fingerprint density at radius 3 is 2.53 bits per heavy atom. The molecule has 0 aromatic heterocycles. The highest BCUT2D eigenvalue weighted by Gasteiger charge is 2.35. The molecular weight excluding hydrogens is 238 g/mol. The van der Waals surface area contributed by atoms with E-state index in [0.717, 1.165) is 17.7 Å². The first-order chi connectivity index (χ1) is 8.89. The minimum Gasteiger partial charge on any atom is -0.464 e. The normalized spacial score (nSPS) is 14.0. The third-order valence-electron chi connectivity index (χ3n) is 3.10. The molecule has 0 bridgehead atoms. The molecule has 1 rings (SSSR count). The Kier molecular flexibility index (Phi) is 5.40. The van der Waals surface area contributed by atoms with Crippen molar-refractivity contribution in [1.29, 1.82) is 0 Å². The number of benzene rings is 1. The van der Waals surface area contributed by atoms with Crippen LogP contribution in [-0.4, -0.2) is 18.1 Å². The van der Waals surface area contributed by atoms with Gasteiger partial charge < -0.3 is 10.1 Å². The summed E-state index contributed by atoms with van der Waals surface area (Å²) < 4.78 is 5.22. The summed E-state index contributed by atoms with van der Waals surface area (Å²) in [6.07, 6.45) is 0.736. The Morgan fingerprint density at radius 1 is 1.37 bits per heavy atom. The third-order valence-corrected chi connectivity index (χ3v) is 3.10. The molecule has 0 amide bonds. The van der Waals surface area contributed by atoms with Crippen molar-refractivity contribution in [2.45, 2.75) is 46.6 Å². The number of carbonyl (C=O) groups is 1. The van der Waals surface area contributed by atoms with Gasteiger partial charge in [0.1, 0.15) is 5.54 Å². The number of carbonyl (C=O) groups excluding carboxylic acids is 1. The molecule has 106 valence electrons. The topological polar surface area (TPSA) is 38.3 Å². The third kappa shape index (κ3) is 4.27. The van der Waals surface area contributed by atoms with Crippen LogP contribution in [0.2, 0.25) is 0 Å². The monoisotopic (exact) mass is 263 g/mol. The van der Waals surface area contributed by atoms with E-state index < -0.39 is 5.54 Å². The minimum atomic E-state index is -0.684. The Labute approximate surface area is 116 Å². The molecule has 0 fully saturated rings. The van der Waals surface area contributed by atoms with Crippen LogP contribution < -0.4 is 5.32 Å². The minimum absolute atomic E-state index is 0.188. The maximum atomic E-state index is 12.2. The van der Waals surface area contributed by atoms with E-state index in [4.69, 9.17) is 4.74 Å². The van der Waals surface area contributed by atoms with Gasteiger partial charge in [0.15, 0.2) is 0 Å². The molecule has 1 aromatic rings. The fourth-order valence-electron chi connectivity index (χ4n) is 2.30. The lowest BCUT2D eigenvalue weighted by Crippen LogP contribution is -2.46. The van der Waals surface area contributed by atoms with E-state index in [0.29, 0.717) is 12.5 Å². The van der Waals surface area contributed by atoms with Gasteiger partial charge in [-0.3, -0.25) is 0 Å². The number of hydrogen-bond donors (Lipinski definition) is 1. The SMILES string of the molecule is CCOC(=O)C(C)(CC(C)C)Nc1ccccc1C. The maximum absolute atomic E-state index is 12.2. The van der Waals surface area contributed by atoms with E-state index in [1.54, 1.807) is 0 Å². The van der Waals surface area contributed by atoms with Crippen molar-refractivity contribution in [3.05, 3.63) is 29.8 Å². The van der Waals surface area contributed by atoms with Gasteiger partial charge in [-0.05, 0) is 44.7 Å². The molecule has 0 saturated heterocycles. The predicted molar refractivity (Wildman–Crippen MR) is 79.3 cm³/mol. The lowest BCUT2D eigenvalue weighted by atomic mass is 9.90. The van der Waals surface area contributed by atoms with Crippen LogP contribution in [0.3, 0.4) is 0 Å².